The molecule has 1 aliphatic heterocycles. The molecular formula is C38H32N4O10. The number of carbonyl (C=O) groups is 4. The van der Waals surface area contributed by atoms with Crippen LogP contribution in [0, 0.1) is 38.0 Å². The fourth-order valence-electron chi connectivity index (χ4n) is 8.02. The molecule has 7 rings (SSSR count). The minimum absolute atomic E-state index is 0.0427. The fraction of sp³-hybridized carbons (Fsp3) is 0.263. The topological polar surface area (TPSA) is 190 Å². The number of hydrogen-bond donors (Lipinski definition) is 1. The molecule has 0 aromatic heterocycles. The predicted octanol–water partition coefficient (Wildman–Crippen LogP) is 5.49. The van der Waals surface area contributed by atoms with Crippen LogP contribution in [0.15, 0.2) is 95.1 Å². The summed E-state index contributed by atoms with van der Waals surface area (Å²) in [5.74, 6) is -5.75. The van der Waals surface area contributed by atoms with Gasteiger partial charge in [0.15, 0.2) is 17.3 Å². The van der Waals surface area contributed by atoms with Crippen molar-refractivity contribution in [3.8, 4) is 11.5 Å². The van der Waals surface area contributed by atoms with Crippen molar-refractivity contribution in [3.05, 3.63) is 126 Å². The van der Waals surface area contributed by atoms with E-state index < -0.39 is 62.5 Å². The number of carbonyl (C=O) groups excluding carboxylic acids is 4. The number of benzene rings is 3. The van der Waals surface area contributed by atoms with E-state index in [0.717, 1.165) is 22.6 Å². The minimum atomic E-state index is -1.05. The summed E-state index contributed by atoms with van der Waals surface area (Å²) in [5, 5.41) is 35.6. The zero-order chi connectivity index (χ0) is 37.2. The summed E-state index contributed by atoms with van der Waals surface area (Å²) >= 11 is 0. The summed E-state index contributed by atoms with van der Waals surface area (Å²) in [6.45, 7) is 1.78. The molecule has 0 spiro atoms. The number of nitro groups is 2. The van der Waals surface area contributed by atoms with Gasteiger partial charge in [-0.25, -0.2) is 4.90 Å². The largest absolute Gasteiger partial charge is 0.507 e. The first-order valence-electron chi connectivity index (χ1n) is 16.5. The molecule has 1 fully saturated rings. The number of Topliss-reactive ketones (excluding diaryl/α,β-unsaturated/α-hetero) is 1. The molecule has 4 atom stereocenters. The molecule has 1 N–H and O–H groups in total. The highest BCUT2D eigenvalue weighted by atomic mass is 16.6. The van der Waals surface area contributed by atoms with Crippen LogP contribution in [0.1, 0.15) is 36.8 Å². The van der Waals surface area contributed by atoms with Crippen molar-refractivity contribution in [1.29, 1.82) is 0 Å². The SMILES string of the molecule is CC1=CC(=O)C2=C(C1=O)C(c1ccc(OCc3ccccc3)cc1O)C1=CCC3C(=O)N(c4cc([N+](=O)[O-])c(N(C)C)c([N+](=O)[O-])c4)C(=O)C3C1C2. The number of allylic oxidation sites excluding steroid dienone is 6. The third kappa shape index (κ3) is 5.43. The molecular weight excluding hydrogens is 672 g/mol. The number of hydrogen-bond acceptors (Lipinski definition) is 11. The third-order valence-electron chi connectivity index (χ3n) is 10.3. The number of imide groups is 1. The zero-order valence-corrected chi connectivity index (χ0v) is 28.3. The van der Waals surface area contributed by atoms with E-state index in [1.54, 1.807) is 18.2 Å². The first-order chi connectivity index (χ1) is 24.8. The van der Waals surface area contributed by atoms with Crippen molar-refractivity contribution in [1.82, 2.24) is 0 Å². The quantitative estimate of drug-likeness (QED) is 0.103. The predicted molar refractivity (Wildman–Crippen MR) is 187 cm³/mol. The van der Waals surface area contributed by atoms with Gasteiger partial charge in [0.2, 0.25) is 11.8 Å². The highest BCUT2D eigenvalue weighted by molar-refractivity contribution is 6.25. The lowest BCUT2D eigenvalue weighted by Gasteiger charge is -2.42. The number of ketones is 2. The van der Waals surface area contributed by atoms with Crippen molar-refractivity contribution in [2.24, 2.45) is 17.8 Å². The maximum absolute atomic E-state index is 14.4. The molecule has 4 unspecified atom stereocenters. The molecule has 4 aliphatic rings. The van der Waals surface area contributed by atoms with Crippen molar-refractivity contribution in [3.63, 3.8) is 0 Å². The van der Waals surface area contributed by atoms with Crippen LogP contribution >= 0.6 is 0 Å². The summed E-state index contributed by atoms with van der Waals surface area (Å²) in [6, 6.07) is 16.1. The van der Waals surface area contributed by atoms with Gasteiger partial charge < -0.3 is 14.7 Å². The molecule has 0 radical (unpaired) electrons. The minimum Gasteiger partial charge on any atom is -0.507 e. The summed E-state index contributed by atoms with van der Waals surface area (Å²) in [7, 11) is 2.81. The Morgan fingerprint density at radius 1 is 0.923 bits per heavy atom. The Hall–Kier alpha value is -6.44. The molecule has 0 saturated carbocycles. The maximum Gasteiger partial charge on any atom is 0.301 e. The molecule has 0 bridgehead atoms. The van der Waals surface area contributed by atoms with Crippen LogP contribution < -0.4 is 14.5 Å². The number of aromatic hydroxyl groups is 1. The number of rotatable bonds is 8. The normalized spacial score (nSPS) is 22.3. The summed E-state index contributed by atoms with van der Waals surface area (Å²) in [5.41, 5.74) is 0.470. The first kappa shape index (κ1) is 34.0. The average molecular weight is 705 g/mol. The molecule has 2 amide bonds. The highest BCUT2D eigenvalue weighted by Crippen LogP contribution is 2.57. The molecule has 1 heterocycles. The number of fused-ring (bicyclic) bond motifs is 3. The van der Waals surface area contributed by atoms with Crippen LogP contribution in [0.2, 0.25) is 0 Å². The second kappa shape index (κ2) is 12.7. The van der Waals surface area contributed by atoms with E-state index in [1.807, 2.05) is 30.3 Å². The van der Waals surface area contributed by atoms with E-state index in [1.165, 1.54) is 38.1 Å². The number of phenols is 1. The van der Waals surface area contributed by atoms with Crippen LogP contribution in [-0.2, 0) is 25.8 Å². The van der Waals surface area contributed by atoms with E-state index in [9.17, 15) is 44.5 Å². The van der Waals surface area contributed by atoms with Gasteiger partial charge in [-0.2, -0.15) is 0 Å². The van der Waals surface area contributed by atoms with Gasteiger partial charge >= 0.3 is 11.4 Å². The molecule has 264 valence electrons. The monoisotopic (exact) mass is 704 g/mol. The summed E-state index contributed by atoms with van der Waals surface area (Å²) < 4.78 is 5.90. The first-order valence-corrected chi connectivity index (χ1v) is 16.5. The molecule has 52 heavy (non-hydrogen) atoms. The highest BCUT2D eigenvalue weighted by Gasteiger charge is 2.57. The van der Waals surface area contributed by atoms with Gasteiger partial charge in [0, 0.05) is 60.5 Å². The number of amides is 2. The molecule has 14 nitrogen and oxygen atoms in total. The Kier molecular flexibility index (Phi) is 8.32. The van der Waals surface area contributed by atoms with Crippen molar-refractivity contribution < 1.29 is 38.9 Å². The smallest absolute Gasteiger partial charge is 0.301 e. The number of nitrogens with zero attached hydrogens (tertiary/aromatic N) is 4. The molecule has 14 heteroatoms. The average Bonchev–Trinajstić information content (AvgIpc) is 3.37. The Bertz CT molecular complexity index is 2190. The third-order valence-corrected chi connectivity index (χ3v) is 10.3. The lowest BCUT2D eigenvalue weighted by molar-refractivity contribution is -0.392. The van der Waals surface area contributed by atoms with E-state index in [-0.39, 0.29) is 59.1 Å². The van der Waals surface area contributed by atoms with Crippen LogP contribution in [0.5, 0.6) is 11.5 Å². The number of ether oxygens (including phenoxy) is 1. The summed E-state index contributed by atoms with van der Waals surface area (Å²) in [6.07, 6.45) is 3.01. The van der Waals surface area contributed by atoms with E-state index in [0.29, 0.717) is 16.9 Å². The van der Waals surface area contributed by atoms with E-state index in [4.69, 9.17) is 4.74 Å². The van der Waals surface area contributed by atoms with Crippen molar-refractivity contribution >= 4 is 46.1 Å². The number of nitro benzene ring substituents is 2. The van der Waals surface area contributed by atoms with Gasteiger partial charge in [-0.05, 0) is 43.4 Å². The molecule has 3 aromatic rings. The van der Waals surface area contributed by atoms with E-state index in [2.05, 4.69) is 0 Å². The molecule has 3 aliphatic carbocycles. The number of phenolic OH excluding ortho intramolecular Hbond substituents is 1. The Labute approximate surface area is 296 Å². The number of anilines is 2. The van der Waals surface area contributed by atoms with E-state index >= 15 is 0 Å². The van der Waals surface area contributed by atoms with Crippen LogP contribution in [-0.4, -0.2) is 52.4 Å². The van der Waals surface area contributed by atoms with Gasteiger partial charge in [0.1, 0.15) is 18.1 Å². The molecule has 3 aromatic carbocycles. The summed E-state index contributed by atoms with van der Waals surface area (Å²) in [4.78, 5) is 80.1. The van der Waals surface area contributed by atoms with Gasteiger partial charge in [-0.1, -0.05) is 48.0 Å². The van der Waals surface area contributed by atoms with Crippen LogP contribution in [0.25, 0.3) is 0 Å². The Balaban J connectivity index is 1.30. The molecule has 1 saturated heterocycles. The van der Waals surface area contributed by atoms with Crippen LogP contribution in [0.4, 0.5) is 22.7 Å². The lowest BCUT2D eigenvalue weighted by atomic mass is 9.59. The van der Waals surface area contributed by atoms with Gasteiger partial charge in [0.05, 0.1) is 27.4 Å². The van der Waals surface area contributed by atoms with Crippen LogP contribution in [0.3, 0.4) is 0 Å². The zero-order valence-electron chi connectivity index (χ0n) is 28.3. The van der Waals surface area contributed by atoms with Crippen molar-refractivity contribution in [2.45, 2.75) is 32.3 Å². The second-order valence-corrected chi connectivity index (χ2v) is 13.5. The maximum atomic E-state index is 14.4. The Morgan fingerprint density at radius 3 is 2.21 bits per heavy atom. The Morgan fingerprint density at radius 2 is 1.60 bits per heavy atom. The van der Waals surface area contributed by atoms with Gasteiger partial charge in [-0.3, -0.25) is 39.4 Å². The van der Waals surface area contributed by atoms with Gasteiger partial charge in [0.25, 0.3) is 0 Å². The standard InChI is InChI=1S/C38H32N4O10/c1-19-13-30(43)27-17-26-23(32(34(27)36(19)45)24-10-9-22(16-31(24)44)52-18-20-7-5-4-6-8-20)11-12-25-33(26)38(47)40(37(25)46)21-14-28(41(48)49)35(39(2)3)29(15-21)42(50)51/h4-11,13-16,25-26,32-33,44H,12,17-18H2,1-3H3. The lowest BCUT2D eigenvalue weighted by Crippen LogP contribution is -2.39. The fourth-order valence-corrected chi connectivity index (χ4v) is 8.02. The second-order valence-electron chi connectivity index (χ2n) is 13.5. The van der Waals surface area contributed by atoms with Gasteiger partial charge in [-0.15, -0.1) is 0 Å². The van der Waals surface area contributed by atoms with Crippen molar-refractivity contribution in [2.75, 3.05) is 23.9 Å².